The van der Waals surface area contributed by atoms with Gasteiger partial charge in [-0.05, 0) is 42.3 Å². The molecule has 0 saturated heterocycles. The Balaban J connectivity index is 2.58. The third kappa shape index (κ3) is 5.19. The zero-order valence-corrected chi connectivity index (χ0v) is 16.8. The lowest BCUT2D eigenvalue weighted by molar-refractivity contribution is -0.400. The molecule has 1 aromatic heterocycles. The number of methoxy groups -OCH3 is 1. The number of aryl methyl sites for hydroxylation is 1. The average molecular weight is 449 g/mol. The van der Waals surface area contributed by atoms with Crippen LogP contribution in [0.1, 0.15) is 30.2 Å². The van der Waals surface area contributed by atoms with Crippen LogP contribution in [-0.2, 0) is 21.5 Å². The number of halogens is 6. The third-order valence-corrected chi connectivity index (χ3v) is 4.37. The van der Waals surface area contributed by atoms with E-state index in [1.165, 1.54) is 12.3 Å². The molecule has 0 fully saturated rings. The summed E-state index contributed by atoms with van der Waals surface area (Å²) in [6.45, 7) is 4.10. The van der Waals surface area contributed by atoms with E-state index in [1.807, 2.05) is 0 Å². The van der Waals surface area contributed by atoms with Gasteiger partial charge in [-0.2, -0.15) is 26.3 Å². The number of benzene rings is 1. The number of nitrogens with zero attached hydrogens (tertiary/aromatic N) is 1. The van der Waals surface area contributed by atoms with E-state index < -0.39 is 30.3 Å². The molecule has 0 atom stereocenters. The minimum atomic E-state index is -5.79. The van der Waals surface area contributed by atoms with Crippen molar-refractivity contribution >= 4 is 6.08 Å². The number of aromatic nitrogens is 1. The molecule has 0 radical (unpaired) electrons. The SMILES string of the molecule is C=Cc1ccc(Oc2ccc(C(OCOC)(C(F)(F)F)C(F)(F)F)cc2CCC)cn1. The number of hydrogen-bond acceptors (Lipinski definition) is 4. The van der Waals surface area contributed by atoms with E-state index in [4.69, 9.17) is 4.74 Å². The summed E-state index contributed by atoms with van der Waals surface area (Å²) in [5.74, 6) is 0.382. The maximum Gasteiger partial charge on any atom is 0.430 e. The van der Waals surface area contributed by atoms with Crippen LogP contribution < -0.4 is 4.74 Å². The van der Waals surface area contributed by atoms with Gasteiger partial charge in [0.2, 0.25) is 0 Å². The first-order valence-corrected chi connectivity index (χ1v) is 9.16. The Kier molecular flexibility index (Phi) is 7.72. The molecule has 1 aromatic carbocycles. The van der Waals surface area contributed by atoms with Crippen LogP contribution in [0.25, 0.3) is 6.08 Å². The Morgan fingerprint density at radius 1 is 1.03 bits per heavy atom. The number of hydrogen-bond donors (Lipinski definition) is 0. The van der Waals surface area contributed by atoms with Crippen molar-refractivity contribution in [1.82, 2.24) is 4.98 Å². The highest BCUT2D eigenvalue weighted by atomic mass is 19.4. The van der Waals surface area contributed by atoms with Crippen molar-refractivity contribution in [1.29, 1.82) is 0 Å². The highest BCUT2D eigenvalue weighted by Crippen LogP contribution is 2.53. The first-order valence-electron chi connectivity index (χ1n) is 9.16. The van der Waals surface area contributed by atoms with Crippen LogP contribution in [0.15, 0.2) is 43.1 Å². The van der Waals surface area contributed by atoms with Crippen LogP contribution in [0.3, 0.4) is 0 Å². The van der Waals surface area contributed by atoms with Crippen LogP contribution in [0.4, 0.5) is 26.3 Å². The van der Waals surface area contributed by atoms with Crippen molar-refractivity contribution < 1.29 is 40.6 Å². The van der Waals surface area contributed by atoms with E-state index in [9.17, 15) is 26.3 Å². The highest BCUT2D eigenvalue weighted by molar-refractivity contribution is 5.45. The van der Waals surface area contributed by atoms with Crippen molar-refractivity contribution in [3.05, 3.63) is 59.9 Å². The molecule has 0 N–H and O–H groups in total. The van der Waals surface area contributed by atoms with Gasteiger partial charge >= 0.3 is 12.4 Å². The Hall–Kier alpha value is -2.59. The van der Waals surface area contributed by atoms with Gasteiger partial charge in [0.05, 0.1) is 11.9 Å². The summed E-state index contributed by atoms with van der Waals surface area (Å²) in [5.41, 5.74) is -4.93. The van der Waals surface area contributed by atoms with E-state index in [0.29, 0.717) is 18.2 Å². The van der Waals surface area contributed by atoms with Crippen LogP contribution in [0, 0.1) is 0 Å². The predicted molar refractivity (Wildman–Crippen MR) is 102 cm³/mol. The van der Waals surface area contributed by atoms with Crippen molar-refractivity contribution in [2.45, 2.75) is 37.7 Å². The van der Waals surface area contributed by atoms with E-state index in [-0.39, 0.29) is 23.5 Å². The summed E-state index contributed by atoms with van der Waals surface area (Å²) >= 11 is 0. The summed E-state index contributed by atoms with van der Waals surface area (Å²) in [4.78, 5) is 4.05. The molecule has 0 aliphatic carbocycles. The summed E-state index contributed by atoms with van der Waals surface area (Å²) in [7, 11) is 0.933. The normalized spacial score (nSPS) is 12.6. The van der Waals surface area contributed by atoms with Gasteiger partial charge in [-0.15, -0.1) is 0 Å². The Labute approximate surface area is 175 Å². The summed E-state index contributed by atoms with van der Waals surface area (Å²) in [6.07, 6.45) is -8.07. The Bertz CT molecular complexity index is 864. The molecule has 0 saturated carbocycles. The molecule has 4 nitrogen and oxygen atoms in total. The van der Waals surface area contributed by atoms with Gasteiger partial charge in [-0.3, -0.25) is 4.98 Å². The van der Waals surface area contributed by atoms with Crippen LogP contribution in [0.2, 0.25) is 0 Å². The monoisotopic (exact) mass is 449 g/mol. The second-order valence-electron chi connectivity index (χ2n) is 6.53. The standard InChI is InChI=1S/C21H21F6NO3/c1-4-6-14-11-15(19(20(22,23)24,21(25,26)27)30-13-29-3)7-10-18(14)31-17-9-8-16(5-2)28-12-17/h5,7-12H,2,4,6,13H2,1,3H3. The lowest BCUT2D eigenvalue weighted by Crippen LogP contribution is -2.56. The van der Waals surface area contributed by atoms with Crippen molar-refractivity contribution in [3.8, 4) is 11.5 Å². The molecule has 0 aliphatic heterocycles. The molecule has 0 amide bonds. The van der Waals surface area contributed by atoms with Gasteiger partial charge in [0.1, 0.15) is 18.3 Å². The van der Waals surface area contributed by atoms with Gasteiger partial charge in [0.25, 0.3) is 5.60 Å². The summed E-state index contributed by atoms with van der Waals surface area (Å²) < 4.78 is 96.9. The van der Waals surface area contributed by atoms with Crippen LogP contribution in [-0.4, -0.2) is 31.2 Å². The molecule has 31 heavy (non-hydrogen) atoms. The molecule has 2 aromatic rings. The van der Waals surface area contributed by atoms with Crippen molar-refractivity contribution in [3.63, 3.8) is 0 Å². The molecule has 0 bridgehead atoms. The van der Waals surface area contributed by atoms with E-state index in [1.54, 1.807) is 19.1 Å². The largest absolute Gasteiger partial charge is 0.455 e. The molecule has 170 valence electrons. The quantitative estimate of drug-likeness (QED) is 0.328. The maximum absolute atomic E-state index is 13.8. The van der Waals surface area contributed by atoms with Gasteiger partial charge in [-0.25, -0.2) is 0 Å². The van der Waals surface area contributed by atoms with Crippen LogP contribution in [0.5, 0.6) is 11.5 Å². The number of ether oxygens (including phenoxy) is 3. The Morgan fingerprint density at radius 3 is 2.19 bits per heavy atom. The lowest BCUT2D eigenvalue weighted by atomic mass is 9.89. The fraction of sp³-hybridized carbons (Fsp3) is 0.381. The van der Waals surface area contributed by atoms with E-state index >= 15 is 0 Å². The fourth-order valence-corrected chi connectivity index (χ4v) is 2.94. The van der Waals surface area contributed by atoms with Gasteiger partial charge in [0.15, 0.2) is 0 Å². The molecular weight excluding hydrogens is 428 g/mol. The number of alkyl halides is 6. The molecular formula is C21H21F6NO3. The highest BCUT2D eigenvalue weighted by Gasteiger charge is 2.73. The smallest absolute Gasteiger partial charge is 0.430 e. The van der Waals surface area contributed by atoms with Gasteiger partial charge in [-0.1, -0.05) is 26.0 Å². The number of pyridine rings is 1. The maximum atomic E-state index is 13.8. The number of rotatable bonds is 9. The zero-order chi connectivity index (χ0) is 23.3. The van der Waals surface area contributed by atoms with Crippen LogP contribution >= 0.6 is 0 Å². The average Bonchev–Trinajstić information content (AvgIpc) is 2.69. The van der Waals surface area contributed by atoms with E-state index in [2.05, 4.69) is 21.0 Å². The summed E-state index contributed by atoms with van der Waals surface area (Å²) in [6, 6.07) is 5.72. The lowest BCUT2D eigenvalue weighted by Gasteiger charge is -2.37. The third-order valence-electron chi connectivity index (χ3n) is 4.37. The minimum absolute atomic E-state index is 0.115. The zero-order valence-electron chi connectivity index (χ0n) is 16.8. The van der Waals surface area contributed by atoms with Gasteiger partial charge < -0.3 is 14.2 Å². The van der Waals surface area contributed by atoms with Crippen molar-refractivity contribution in [2.24, 2.45) is 0 Å². The molecule has 0 aliphatic rings. The first kappa shape index (κ1) is 24.7. The molecule has 10 heteroatoms. The van der Waals surface area contributed by atoms with Crippen molar-refractivity contribution in [2.75, 3.05) is 13.9 Å². The predicted octanol–water partition coefficient (Wildman–Crippen LogP) is 6.41. The second-order valence-corrected chi connectivity index (χ2v) is 6.53. The first-order chi connectivity index (χ1) is 14.5. The van der Waals surface area contributed by atoms with E-state index in [0.717, 1.165) is 19.2 Å². The Morgan fingerprint density at radius 2 is 1.71 bits per heavy atom. The fourth-order valence-electron chi connectivity index (χ4n) is 2.94. The molecule has 0 spiro atoms. The molecule has 2 rings (SSSR count). The molecule has 1 heterocycles. The van der Waals surface area contributed by atoms with Gasteiger partial charge in [0, 0.05) is 12.7 Å². The minimum Gasteiger partial charge on any atom is -0.455 e. The summed E-state index contributed by atoms with van der Waals surface area (Å²) in [5, 5.41) is 0. The second kappa shape index (κ2) is 9.69. The topological polar surface area (TPSA) is 40.6 Å². The molecule has 0 unspecified atom stereocenters.